The molecule has 1 aromatic carbocycles. The van der Waals surface area contributed by atoms with Crippen LogP contribution < -0.4 is 5.73 Å². The quantitative estimate of drug-likeness (QED) is 0.663. The predicted molar refractivity (Wildman–Crippen MR) is 92.1 cm³/mol. The van der Waals surface area contributed by atoms with E-state index in [-0.39, 0.29) is 28.8 Å². The molecule has 126 valence electrons. The van der Waals surface area contributed by atoms with E-state index < -0.39 is 5.97 Å². The van der Waals surface area contributed by atoms with Crippen LogP contribution in [-0.4, -0.2) is 22.8 Å². The molecule has 1 aliphatic rings. The molecule has 0 bridgehead atoms. The van der Waals surface area contributed by atoms with Gasteiger partial charge in [-0.25, -0.2) is 4.79 Å². The maximum Gasteiger partial charge on any atom is 0.341 e. The number of benzene rings is 1. The highest BCUT2D eigenvalue weighted by molar-refractivity contribution is 6.17. The number of ether oxygens (including phenoxy) is 1. The number of carbonyl (C=O) groups is 2. The first-order valence-corrected chi connectivity index (χ1v) is 8.36. The van der Waals surface area contributed by atoms with Crippen LogP contribution in [0.2, 0.25) is 0 Å². The number of hydrogen-bond donors (Lipinski definition) is 2. The molecule has 1 aromatic heterocycles. The number of carbonyl (C=O) groups excluding carboxylic acids is 2. The van der Waals surface area contributed by atoms with Gasteiger partial charge >= 0.3 is 5.97 Å². The number of nitrogen functional groups attached to an aromatic ring is 1. The first-order valence-electron chi connectivity index (χ1n) is 8.36. The van der Waals surface area contributed by atoms with Crippen LogP contribution in [0, 0.1) is 6.92 Å². The van der Waals surface area contributed by atoms with E-state index >= 15 is 0 Å². The van der Waals surface area contributed by atoms with Crippen LogP contribution in [0.1, 0.15) is 64.1 Å². The third-order valence-corrected chi connectivity index (χ3v) is 4.51. The summed E-state index contributed by atoms with van der Waals surface area (Å²) in [4.78, 5) is 28.3. The summed E-state index contributed by atoms with van der Waals surface area (Å²) < 4.78 is 5.63. The van der Waals surface area contributed by atoms with Crippen molar-refractivity contribution in [3.05, 3.63) is 52.7 Å². The molecule has 3 rings (SSSR count). The standard InChI is InChI=1S/C19H22N2O3/c1-12-15(19(23)24-14-10-6-3-7-11-14)16(18(20)21-12)17(22)13-8-4-2-5-9-13/h2,4-5,8-9,14,21H,3,6-7,10-11,20H2,1H3. The monoisotopic (exact) mass is 326 g/mol. The van der Waals surface area contributed by atoms with Gasteiger partial charge in [0.15, 0.2) is 5.78 Å². The third-order valence-electron chi connectivity index (χ3n) is 4.51. The number of nitrogens with two attached hydrogens (primary N) is 1. The molecule has 0 radical (unpaired) electrons. The summed E-state index contributed by atoms with van der Waals surface area (Å²) in [5, 5.41) is 0. The summed E-state index contributed by atoms with van der Waals surface area (Å²) in [5.74, 6) is -0.531. The number of esters is 1. The van der Waals surface area contributed by atoms with Gasteiger partial charge in [0.05, 0.1) is 11.1 Å². The van der Waals surface area contributed by atoms with Gasteiger partial charge in [0.2, 0.25) is 0 Å². The molecule has 3 N–H and O–H groups in total. The largest absolute Gasteiger partial charge is 0.459 e. The number of aromatic nitrogens is 1. The van der Waals surface area contributed by atoms with E-state index in [2.05, 4.69) is 4.98 Å². The summed E-state index contributed by atoms with van der Waals surface area (Å²) in [6.07, 6.45) is 5.02. The minimum absolute atomic E-state index is 0.0681. The predicted octanol–water partition coefficient (Wildman–Crippen LogP) is 3.63. The minimum atomic E-state index is -0.466. The minimum Gasteiger partial charge on any atom is -0.459 e. The molecule has 2 aromatic rings. The number of rotatable bonds is 4. The van der Waals surface area contributed by atoms with Gasteiger partial charge in [-0.3, -0.25) is 4.79 Å². The van der Waals surface area contributed by atoms with Gasteiger partial charge in [-0.1, -0.05) is 36.8 Å². The molecule has 1 heterocycles. The van der Waals surface area contributed by atoms with E-state index in [1.54, 1.807) is 31.2 Å². The van der Waals surface area contributed by atoms with Gasteiger partial charge < -0.3 is 15.5 Å². The Kier molecular flexibility index (Phi) is 4.69. The lowest BCUT2D eigenvalue weighted by Gasteiger charge is -2.22. The Morgan fingerprint density at radius 2 is 1.75 bits per heavy atom. The van der Waals surface area contributed by atoms with Gasteiger partial charge in [-0.05, 0) is 32.6 Å². The maximum atomic E-state index is 12.8. The van der Waals surface area contributed by atoms with Crippen molar-refractivity contribution in [3.63, 3.8) is 0 Å². The molecule has 1 aliphatic carbocycles. The SMILES string of the molecule is Cc1[nH]c(N)c(C(=O)c2ccccc2)c1C(=O)OC1CCCCC1. The van der Waals surface area contributed by atoms with E-state index in [0.717, 1.165) is 25.7 Å². The fraction of sp³-hybridized carbons (Fsp3) is 0.368. The fourth-order valence-corrected chi connectivity index (χ4v) is 3.27. The van der Waals surface area contributed by atoms with Crippen LogP contribution in [0.15, 0.2) is 30.3 Å². The molecule has 0 saturated heterocycles. The van der Waals surface area contributed by atoms with Crippen LogP contribution in [-0.2, 0) is 4.74 Å². The third kappa shape index (κ3) is 3.20. The molecular weight excluding hydrogens is 304 g/mol. The van der Waals surface area contributed by atoms with Gasteiger partial charge in [0, 0.05) is 11.3 Å². The second-order valence-electron chi connectivity index (χ2n) is 6.27. The van der Waals surface area contributed by atoms with Crippen molar-refractivity contribution in [2.45, 2.75) is 45.1 Å². The smallest absolute Gasteiger partial charge is 0.341 e. The van der Waals surface area contributed by atoms with Gasteiger partial charge in [0.25, 0.3) is 0 Å². The molecule has 0 aliphatic heterocycles. The molecule has 1 fully saturated rings. The number of aryl methyl sites for hydroxylation is 1. The highest BCUT2D eigenvalue weighted by atomic mass is 16.5. The normalized spacial score (nSPS) is 15.2. The summed E-state index contributed by atoms with van der Waals surface area (Å²) in [6.45, 7) is 1.73. The van der Waals surface area contributed by atoms with Crippen LogP contribution in [0.3, 0.4) is 0 Å². The number of hydrogen-bond acceptors (Lipinski definition) is 4. The number of anilines is 1. The fourth-order valence-electron chi connectivity index (χ4n) is 3.27. The van der Waals surface area contributed by atoms with Crippen molar-refractivity contribution >= 4 is 17.6 Å². The van der Waals surface area contributed by atoms with Crippen molar-refractivity contribution in [2.24, 2.45) is 0 Å². The average Bonchev–Trinajstić information content (AvgIpc) is 2.90. The van der Waals surface area contributed by atoms with E-state index in [4.69, 9.17) is 10.5 Å². The summed E-state index contributed by atoms with van der Waals surface area (Å²) in [5.41, 5.74) is 7.49. The summed E-state index contributed by atoms with van der Waals surface area (Å²) >= 11 is 0. The van der Waals surface area contributed by atoms with Crippen molar-refractivity contribution in [2.75, 3.05) is 5.73 Å². The lowest BCUT2D eigenvalue weighted by Crippen LogP contribution is -2.22. The molecule has 0 spiro atoms. The number of ketones is 1. The molecule has 1 saturated carbocycles. The highest BCUT2D eigenvalue weighted by Gasteiger charge is 2.28. The van der Waals surface area contributed by atoms with Crippen molar-refractivity contribution in [1.82, 2.24) is 4.98 Å². The number of nitrogens with one attached hydrogen (secondary N) is 1. The molecule has 0 atom stereocenters. The second-order valence-corrected chi connectivity index (χ2v) is 6.27. The Labute approximate surface area is 141 Å². The maximum absolute atomic E-state index is 12.8. The number of H-pyrrole nitrogens is 1. The lowest BCUT2D eigenvalue weighted by atomic mass is 9.97. The van der Waals surface area contributed by atoms with Crippen LogP contribution in [0.25, 0.3) is 0 Å². The van der Waals surface area contributed by atoms with Crippen LogP contribution in [0.5, 0.6) is 0 Å². The first kappa shape index (κ1) is 16.3. The molecule has 0 unspecified atom stereocenters. The Hall–Kier alpha value is -2.56. The highest BCUT2D eigenvalue weighted by Crippen LogP contribution is 2.27. The van der Waals surface area contributed by atoms with E-state index in [1.165, 1.54) is 6.42 Å². The van der Waals surface area contributed by atoms with Crippen molar-refractivity contribution < 1.29 is 14.3 Å². The van der Waals surface area contributed by atoms with E-state index in [0.29, 0.717) is 11.3 Å². The summed E-state index contributed by atoms with van der Waals surface area (Å²) in [6, 6.07) is 8.81. The van der Waals surface area contributed by atoms with Crippen LogP contribution >= 0.6 is 0 Å². The zero-order valence-electron chi connectivity index (χ0n) is 13.8. The molecule has 0 amide bonds. The summed E-state index contributed by atoms with van der Waals surface area (Å²) in [7, 11) is 0. The number of aromatic amines is 1. The second kappa shape index (κ2) is 6.91. The Bertz CT molecular complexity index is 743. The first-order chi connectivity index (χ1) is 11.6. The lowest BCUT2D eigenvalue weighted by molar-refractivity contribution is 0.0209. The van der Waals surface area contributed by atoms with Crippen molar-refractivity contribution in [1.29, 1.82) is 0 Å². The zero-order chi connectivity index (χ0) is 17.1. The van der Waals surface area contributed by atoms with Gasteiger partial charge in [-0.2, -0.15) is 0 Å². The molecular formula is C19H22N2O3. The molecule has 5 nitrogen and oxygen atoms in total. The van der Waals surface area contributed by atoms with Gasteiger partial charge in [-0.15, -0.1) is 0 Å². The molecule has 5 heteroatoms. The van der Waals surface area contributed by atoms with E-state index in [9.17, 15) is 9.59 Å². The van der Waals surface area contributed by atoms with Crippen LogP contribution in [0.4, 0.5) is 5.82 Å². The topological polar surface area (TPSA) is 85.2 Å². The molecule has 24 heavy (non-hydrogen) atoms. The Balaban J connectivity index is 1.90. The Morgan fingerprint density at radius 1 is 1.08 bits per heavy atom. The van der Waals surface area contributed by atoms with Gasteiger partial charge in [0.1, 0.15) is 11.9 Å². The van der Waals surface area contributed by atoms with E-state index in [1.807, 2.05) is 6.07 Å². The van der Waals surface area contributed by atoms with Crippen molar-refractivity contribution in [3.8, 4) is 0 Å². The average molecular weight is 326 g/mol. The Morgan fingerprint density at radius 3 is 2.42 bits per heavy atom. The zero-order valence-corrected chi connectivity index (χ0v) is 13.8.